The molecule has 0 heterocycles. The van der Waals surface area contributed by atoms with Crippen molar-refractivity contribution in [3.8, 4) is 5.75 Å². The van der Waals surface area contributed by atoms with Crippen molar-refractivity contribution in [3.05, 3.63) is 39.9 Å². The van der Waals surface area contributed by atoms with Crippen LogP contribution in [0.3, 0.4) is 0 Å². The zero-order valence-corrected chi connectivity index (χ0v) is 14.5. The highest BCUT2D eigenvalue weighted by molar-refractivity contribution is 5.73. The minimum absolute atomic E-state index is 0.00449. The van der Waals surface area contributed by atoms with Crippen LogP contribution in [0.2, 0.25) is 0 Å². The van der Waals surface area contributed by atoms with Crippen LogP contribution in [0, 0.1) is 10.1 Å². The third-order valence-electron chi connectivity index (χ3n) is 3.56. The average Bonchev–Trinajstić information content (AvgIpc) is 2.59. The van der Waals surface area contributed by atoms with Crippen LogP contribution in [-0.4, -0.2) is 36.8 Å². The predicted octanol–water partition coefficient (Wildman–Crippen LogP) is 1.79. The Morgan fingerprint density at radius 1 is 1.31 bits per heavy atom. The summed E-state index contributed by atoms with van der Waals surface area (Å²) in [6, 6.07) is 6.88. The molecule has 0 spiro atoms. The van der Waals surface area contributed by atoms with Gasteiger partial charge in [-0.1, -0.05) is 12.1 Å². The van der Waals surface area contributed by atoms with Gasteiger partial charge in [-0.2, -0.15) is 0 Å². The molecule has 0 aliphatic heterocycles. The number of hydrogen-bond donors (Lipinski definition) is 1. The van der Waals surface area contributed by atoms with E-state index in [1.165, 1.54) is 0 Å². The van der Waals surface area contributed by atoms with E-state index in [-0.39, 0.29) is 13.0 Å². The molecule has 9 heteroatoms. The molecule has 9 nitrogen and oxygen atoms in total. The Kier molecular flexibility index (Phi) is 10.4. The summed E-state index contributed by atoms with van der Waals surface area (Å²) >= 11 is 0. The van der Waals surface area contributed by atoms with Gasteiger partial charge in [0.2, 0.25) is 0 Å². The molecule has 0 bridgehead atoms. The lowest BCUT2D eigenvalue weighted by atomic mass is 10.1. The molecule has 0 fully saturated rings. The van der Waals surface area contributed by atoms with Crippen LogP contribution in [0.5, 0.6) is 5.75 Å². The van der Waals surface area contributed by atoms with E-state index in [1.807, 2.05) is 6.07 Å². The van der Waals surface area contributed by atoms with Crippen molar-refractivity contribution in [2.45, 2.75) is 44.6 Å². The SMILES string of the molecule is NCCCCC(CC(=O)Oc1cccc(CCCO[N+](=O)[O-])c1)OC=O. The summed E-state index contributed by atoms with van der Waals surface area (Å²) in [5.74, 6) is -0.132. The molecule has 0 saturated carbocycles. The highest BCUT2D eigenvalue weighted by Crippen LogP contribution is 2.17. The summed E-state index contributed by atoms with van der Waals surface area (Å²) in [4.78, 5) is 36.9. The topological polar surface area (TPSA) is 131 Å². The molecular weight excluding hydrogens is 344 g/mol. The fourth-order valence-electron chi connectivity index (χ4n) is 2.35. The summed E-state index contributed by atoms with van der Waals surface area (Å²) in [6.07, 6.45) is 2.53. The Morgan fingerprint density at radius 2 is 2.12 bits per heavy atom. The van der Waals surface area contributed by atoms with Gasteiger partial charge in [0, 0.05) is 0 Å². The van der Waals surface area contributed by atoms with E-state index in [9.17, 15) is 19.7 Å². The molecule has 1 aromatic carbocycles. The largest absolute Gasteiger partial charge is 0.464 e. The maximum atomic E-state index is 12.0. The molecule has 0 aliphatic carbocycles. The zero-order chi connectivity index (χ0) is 19.2. The fraction of sp³-hybridized carbons (Fsp3) is 0.529. The molecule has 144 valence electrons. The molecule has 0 amide bonds. The molecule has 0 aliphatic rings. The van der Waals surface area contributed by atoms with Crippen LogP contribution < -0.4 is 10.5 Å². The predicted molar refractivity (Wildman–Crippen MR) is 91.8 cm³/mol. The van der Waals surface area contributed by atoms with Gasteiger partial charge in [-0.25, -0.2) is 0 Å². The Balaban J connectivity index is 2.47. The third kappa shape index (κ3) is 9.58. The number of rotatable bonds is 14. The number of benzene rings is 1. The van der Waals surface area contributed by atoms with Gasteiger partial charge in [-0.05, 0) is 56.3 Å². The van der Waals surface area contributed by atoms with Crippen LogP contribution in [0.4, 0.5) is 0 Å². The average molecular weight is 368 g/mol. The van der Waals surface area contributed by atoms with E-state index in [1.54, 1.807) is 18.2 Å². The second-order valence-electron chi connectivity index (χ2n) is 5.62. The zero-order valence-electron chi connectivity index (χ0n) is 14.5. The monoisotopic (exact) mass is 368 g/mol. The Morgan fingerprint density at radius 3 is 2.81 bits per heavy atom. The quantitative estimate of drug-likeness (QED) is 0.131. The van der Waals surface area contributed by atoms with Crippen LogP contribution in [0.15, 0.2) is 24.3 Å². The van der Waals surface area contributed by atoms with Gasteiger partial charge in [0.25, 0.3) is 11.6 Å². The van der Waals surface area contributed by atoms with Crippen molar-refractivity contribution in [3.63, 3.8) is 0 Å². The summed E-state index contributed by atoms with van der Waals surface area (Å²) in [6.45, 7) is 0.871. The van der Waals surface area contributed by atoms with Crippen molar-refractivity contribution in [1.82, 2.24) is 0 Å². The van der Waals surface area contributed by atoms with Crippen LogP contribution in [-0.2, 0) is 25.6 Å². The molecular formula is C17H24N2O7. The first kappa shape index (κ1) is 21.4. The minimum atomic E-state index is -0.830. The summed E-state index contributed by atoms with van der Waals surface area (Å²) in [7, 11) is 0. The van der Waals surface area contributed by atoms with Gasteiger partial charge in [-0.3, -0.25) is 9.59 Å². The normalized spacial score (nSPS) is 11.4. The van der Waals surface area contributed by atoms with Crippen LogP contribution in [0.1, 0.15) is 37.7 Å². The van der Waals surface area contributed by atoms with Gasteiger partial charge in [-0.15, -0.1) is 10.1 Å². The second-order valence-corrected chi connectivity index (χ2v) is 5.62. The molecule has 0 aromatic heterocycles. The lowest BCUT2D eigenvalue weighted by Crippen LogP contribution is -2.21. The number of hydrogen-bond acceptors (Lipinski definition) is 8. The number of esters is 1. The lowest BCUT2D eigenvalue weighted by molar-refractivity contribution is -0.757. The van der Waals surface area contributed by atoms with E-state index in [0.29, 0.717) is 38.0 Å². The molecule has 1 rings (SSSR count). The van der Waals surface area contributed by atoms with E-state index >= 15 is 0 Å². The van der Waals surface area contributed by atoms with Gasteiger partial charge >= 0.3 is 5.97 Å². The van der Waals surface area contributed by atoms with Gasteiger partial charge < -0.3 is 20.0 Å². The fourth-order valence-corrected chi connectivity index (χ4v) is 2.35. The first-order valence-electron chi connectivity index (χ1n) is 8.41. The molecule has 26 heavy (non-hydrogen) atoms. The summed E-state index contributed by atoms with van der Waals surface area (Å²) < 4.78 is 10.2. The Hall–Kier alpha value is -2.68. The summed E-state index contributed by atoms with van der Waals surface area (Å²) in [5.41, 5.74) is 6.29. The molecule has 1 unspecified atom stereocenters. The van der Waals surface area contributed by atoms with Crippen molar-refractivity contribution in [1.29, 1.82) is 0 Å². The maximum Gasteiger partial charge on any atom is 0.314 e. The lowest BCUT2D eigenvalue weighted by Gasteiger charge is -2.14. The van der Waals surface area contributed by atoms with E-state index in [0.717, 1.165) is 18.4 Å². The van der Waals surface area contributed by atoms with E-state index in [2.05, 4.69) is 4.84 Å². The van der Waals surface area contributed by atoms with Gasteiger partial charge in [0.05, 0.1) is 13.0 Å². The molecule has 2 N–H and O–H groups in total. The number of aryl methyl sites for hydroxylation is 1. The minimum Gasteiger partial charge on any atom is -0.464 e. The van der Waals surface area contributed by atoms with Gasteiger partial charge in [0.15, 0.2) is 0 Å². The number of carbonyl (C=O) groups is 2. The van der Waals surface area contributed by atoms with E-state index < -0.39 is 17.2 Å². The molecule has 0 saturated heterocycles. The van der Waals surface area contributed by atoms with Crippen LogP contribution in [0.25, 0.3) is 0 Å². The molecule has 1 atom stereocenters. The number of nitrogens with zero attached hydrogens (tertiary/aromatic N) is 1. The maximum absolute atomic E-state index is 12.0. The smallest absolute Gasteiger partial charge is 0.314 e. The van der Waals surface area contributed by atoms with Crippen molar-refractivity contribution >= 4 is 12.4 Å². The number of unbranched alkanes of at least 4 members (excludes halogenated alkanes) is 1. The highest BCUT2D eigenvalue weighted by Gasteiger charge is 2.16. The number of ether oxygens (including phenoxy) is 2. The van der Waals surface area contributed by atoms with Gasteiger partial charge in [0.1, 0.15) is 11.9 Å². The molecule has 1 aromatic rings. The first-order valence-corrected chi connectivity index (χ1v) is 8.41. The third-order valence-corrected chi connectivity index (χ3v) is 3.56. The van der Waals surface area contributed by atoms with Crippen molar-refractivity contribution in [2.24, 2.45) is 5.73 Å². The van der Waals surface area contributed by atoms with E-state index in [4.69, 9.17) is 15.2 Å². The molecule has 0 radical (unpaired) electrons. The Bertz CT molecular complexity index is 580. The summed E-state index contributed by atoms with van der Waals surface area (Å²) in [5, 5.41) is 9.26. The van der Waals surface area contributed by atoms with Crippen molar-refractivity contribution in [2.75, 3.05) is 13.2 Å². The standard InChI is InChI=1S/C17H24N2O7/c18-9-2-1-7-15(24-13-20)12-17(21)26-16-8-3-5-14(11-16)6-4-10-25-19(22)23/h3,5,8,11,13,15H,1-2,4,6-7,9-10,12,18H2. The first-order chi connectivity index (χ1) is 12.5. The van der Waals surface area contributed by atoms with Crippen molar-refractivity contribution < 1.29 is 29.0 Å². The second kappa shape index (κ2) is 12.6. The number of carbonyl (C=O) groups excluding carboxylic acids is 2. The Labute approximate surface area is 151 Å². The van der Waals surface area contributed by atoms with Crippen LogP contribution >= 0.6 is 0 Å². The number of nitrogens with two attached hydrogens (primary N) is 1. The highest BCUT2D eigenvalue weighted by atomic mass is 16.9.